The van der Waals surface area contributed by atoms with E-state index in [9.17, 15) is 4.79 Å². The quantitative estimate of drug-likeness (QED) is 0.649. The molecule has 1 aliphatic carbocycles. The summed E-state index contributed by atoms with van der Waals surface area (Å²) in [6.07, 6.45) is 4.06. The fourth-order valence-corrected chi connectivity index (χ4v) is 2.51. The van der Waals surface area contributed by atoms with Gasteiger partial charge < -0.3 is 10.5 Å². The molecule has 116 valence electrons. The maximum atomic E-state index is 12.2. The smallest absolute Gasteiger partial charge is 0.242 e. The van der Waals surface area contributed by atoms with Crippen molar-refractivity contribution in [3.05, 3.63) is 35.9 Å². The van der Waals surface area contributed by atoms with Crippen LogP contribution in [0.4, 0.5) is 0 Å². The average molecular weight is 290 g/mol. The van der Waals surface area contributed by atoms with Gasteiger partial charge in [0.25, 0.3) is 0 Å². The van der Waals surface area contributed by atoms with Gasteiger partial charge in [0.15, 0.2) is 0 Å². The van der Waals surface area contributed by atoms with Crippen LogP contribution in [-0.4, -0.2) is 25.7 Å². The maximum absolute atomic E-state index is 12.2. The summed E-state index contributed by atoms with van der Waals surface area (Å²) >= 11 is 0. The molecule has 1 aliphatic rings. The number of hydrogen-bond acceptors (Lipinski definition) is 3. The molecule has 2 rings (SSSR count). The first kappa shape index (κ1) is 16.0. The van der Waals surface area contributed by atoms with Crippen molar-refractivity contribution >= 4 is 5.91 Å². The van der Waals surface area contributed by atoms with Crippen LogP contribution in [0.5, 0.6) is 0 Å². The molecular weight excluding hydrogens is 264 g/mol. The summed E-state index contributed by atoms with van der Waals surface area (Å²) in [7, 11) is 0. The second-order valence-electron chi connectivity index (χ2n) is 5.83. The van der Waals surface area contributed by atoms with Gasteiger partial charge in [-0.2, -0.15) is 0 Å². The normalized spacial score (nSPS) is 17.4. The Labute approximate surface area is 127 Å². The molecule has 1 amide bonds. The van der Waals surface area contributed by atoms with E-state index in [1.165, 1.54) is 12.8 Å². The zero-order valence-electron chi connectivity index (χ0n) is 12.8. The summed E-state index contributed by atoms with van der Waals surface area (Å²) in [5.41, 5.74) is 5.83. The maximum Gasteiger partial charge on any atom is 0.242 e. The van der Waals surface area contributed by atoms with Crippen molar-refractivity contribution in [2.24, 2.45) is 11.7 Å². The zero-order chi connectivity index (χ0) is 15.1. The number of hydrogen-bond donors (Lipinski definition) is 2. The van der Waals surface area contributed by atoms with Gasteiger partial charge in [0, 0.05) is 19.6 Å². The molecule has 0 saturated heterocycles. The Morgan fingerprint density at radius 3 is 2.67 bits per heavy atom. The van der Waals surface area contributed by atoms with Crippen LogP contribution in [0.1, 0.15) is 38.2 Å². The predicted octanol–water partition coefficient (Wildman–Crippen LogP) is 2.18. The molecule has 1 fully saturated rings. The second-order valence-corrected chi connectivity index (χ2v) is 5.83. The van der Waals surface area contributed by atoms with Gasteiger partial charge in [-0.25, -0.2) is 0 Å². The topological polar surface area (TPSA) is 64.3 Å². The molecular formula is C17H26N2O2. The van der Waals surface area contributed by atoms with Crippen LogP contribution in [-0.2, 0) is 15.1 Å². The number of benzene rings is 1. The number of nitrogens with two attached hydrogens (primary N) is 1. The molecule has 1 saturated carbocycles. The van der Waals surface area contributed by atoms with Crippen LogP contribution in [0.25, 0.3) is 0 Å². The Morgan fingerprint density at radius 1 is 1.38 bits per heavy atom. The lowest BCUT2D eigenvalue weighted by Crippen LogP contribution is -2.53. The standard InChI is InChI=1S/C17H26N2O2/c1-2-11-19-17(16(18)20,15-6-4-3-5-7-15)10-12-21-13-14-8-9-14/h3-7,14,19H,2,8-13H2,1H3,(H2,18,20). The van der Waals surface area contributed by atoms with E-state index in [0.29, 0.717) is 13.0 Å². The molecule has 0 spiro atoms. The first-order valence-electron chi connectivity index (χ1n) is 7.87. The molecule has 3 N–H and O–H groups in total. The summed E-state index contributed by atoms with van der Waals surface area (Å²) in [5, 5.41) is 3.35. The van der Waals surface area contributed by atoms with Gasteiger partial charge >= 0.3 is 0 Å². The van der Waals surface area contributed by atoms with E-state index in [1.807, 2.05) is 30.3 Å². The highest BCUT2D eigenvalue weighted by Crippen LogP contribution is 2.30. The van der Waals surface area contributed by atoms with Gasteiger partial charge in [-0.3, -0.25) is 10.1 Å². The molecule has 1 aromatic carbocycles. The van der Waals surface area contributed by atoms with E-state index in [-0.39, 0.29) is 5.91 Å². The van der Waals surface area contributed by atoms with E-state index in [1.54, 1.807) is 0 Å². The third-order valence-corrected chi connectivity index (χ3v) is 4.04. The Bertz CT molecular complexity index is 445. The summed E-state index contributed by atoms with van der Waals surface area (Å²) < 4.78 is 5.72. The molecule has 1 aromatic rings. The van der Waals surface area contributed by atoms with Crippen molar-refractivity contribution in [3.8, 4) is 0 Å². The van der Waals surface area contributed by atoms with Crippen LogP contribution >= 0.6 is 0 Å². The minimum Gasteiger partial charge on any atom is -0.381 e. The van der Waals surface area contributed by atoms with Crippen molar-refractivity contribution in [1.82, 2.24) is 5.32 Å². The number of carbonyl (C=O) groups is 1. The molecule has 0 heterocycles. The lowest BCUT2D eigenvalue weighted by molar-refractivity contribution is -0.125. The molecule has 0 radical (unpaired) electrons. The Balaban J connectivity index is 2.07. The zero-order valence-corrected chi connectivity index (χ0v) is 12.8. The van der Waals surface area contributed by atoms with E-state index < -0.39 is 5.54 Å². The SMILES string of the molecule is CCCNC(CCOCC1CC1)(C(N)=O)c1ccccc1. The summed E-state index contributed by atoms with van der Waals surface area (Å²) in [5.74, 6) is 0.394. The molecule has 21 heavy (non-hydrogen) atoms. The molecule has 1 atom stereocenters. The van der Waals surface area contributed by atoms with Gasteiger partial charge in [-0.05, 0) is 37.3 Å². The highest BCUT2D eigenvalue weighted by atomic mass is 16.5. The summed E-state index contributed by atoms with van der Waals surface area (Å²) in [4.78, 5) is 12.2. The second kappa shape index (κ2) is 7.57. The molecule has 0 bridgehead atoms. The molecule has 4 nitrogen and oxygen atoms in total. The first-order chi connectivity index (χ1) is 10.2. The monoisotopic (exact) mass is 290 g/mol. The van der Waals surface area contributed by atoms with Gasteiger partial charge in [0.05, 0.1) is 0 Å². The first-order valence-corrected chi connectivity index (χ1v) is 7.87. The Morgan fingerprint density at radius 2 is 2.10 bits per heavy atom. The lowest BCUT2D eigenvalue weighted by atomic mass is 9.85. The van der Waals surface area contributed by atoms with Crippen LogP contribution in [0.2, 0.25) is 0 Å². The van der Waals surface area contributed by atoms with Gasteiger partial charge in [-0.1, -0.05) is 37.3 Å². The van der Waals surface area contributed by atoms with Crippen molar-refractivity contribution in [1.29, 1.82) is 0 Å². The third-order valence-electron chi connectivity index (χ3n) is 4.04. The fourth-order valence-electron chi connectivity index (χ4n) is 2.51. The van der Waals surface area contributed by atoms with Crippen LogP contribution < -0.4 is 11.1 Å². The Hall–Kier alpha value is -1.39. The summed E-state index contributed by atoms with van der Waals surface area (Å²) in [6, 6.07) is 9.72. The van der Waals surface area contributed by atoms with Crippen molar-refractivity contribution < 1.29 is 9.53 Å². The molecule has 0 aliphatic heterocycles. The number of amides is 1. The largest absolute Gasteiger partial charge is 0.381 e. The number of rotatable bonds is 10. The average Bonchev–Trinajstić information content (AvgIpc) is 3.31. The van der Waals surface area contributed by atoms with Gasteiger partial charge in [0.2, 0.25) is 5.91 Å². The van der Waals surface area contributed by atoms with Crippen LogP contribution in [0.3, 0.4) is 0 Å². The summed E-state index contributed by atoms with van der Waals surface area (Å²) in [6.45, 7) is 4.18. The lowest BCUT2D eigenvalue weighted by Gasteiger charge is -2.32. The number of primary amides is 1. The number of carbonyl (C=O) groups excluding carboxylic acids is 1. The van der Waals surface area contributed by atoms with E-state index in [2.05, 4.69) is 12.2 Å². The van der Waals surface area contributed by atoms with E-state index >= 15 is 0 Å². The van der Waals surface area contributed by atoms with Crippen molar-refractivity contribution in [3.63, 3.8) is 0 Å². The third kappa shape index (κ3) is 4.29. The van der Waals surface area contributed by atoms with E-state index in [4.69, 9.17) is 10.5 Å². The van der Waals surface area contributed by atoms with Gasteiger partial charge in [0.1, 0.15) is 5.54 Å². The fraction of sp³-hybridized carbons (Fsp3) is 0.588. The highest BCUT2D eigenvalue weighted by Gasteiger charge is 2.37. The van der Waals surface area contributed by atoms with Crippen LogP contribution in [0, 0.1) is 5.92 Å². The molecule has 4 heteroatoms. The molecule has 0 aromatic heterocycles. The Kier molecular flexibility index (Phi) is 5.76. The van der Waals surface area contributed by atoms with Crippen LogP contribution in [0.15, 0.2) is 30.3 Å². The van der Waals surface area contributed by atoms with Crippen molar-refractivity contribution in [2.75, 3.05) is 19.8 Å². The molecule has 1 unspecified atom stereocenters. The number of ether oxygens (including phenoxy) is 1. The predicted molar refractivity (Wildman–Crippen MR) is 83.8 cm³/mol. The highest BCUT2D eigenvalue weighted by molar-refractivity contribution is 5.86. The van der Waals surface area contributed by atoms with Gasteiger partial charge in [-0.15, -0.1) is 0 Å². The van der Waals surface area contributed by atoms with E-state index in [0.717, 1.165) is 31.1 Å². The number of nitrogens with one attached hydrogen (secondary N) is 1. The minimum absolute atomic E-state index is 0.336. The van der Waals surface area contributed by atoms with Crippen molar-refractivity contribution in [2.45, 2.75) is 38.1 Å². The minimum atomic E-state index is -0.833.